The number of allylic oxidation sites excluding steroid dienone is 4. The van der Waals surface area contributed by atoms with E-state index in [0.717, 1.165) is 6.08 Å². The fourth-order valence-electron chi connectivity index (χ4n) is 1.52. The number of hydrogen-bond acceptors (Lipinski definition) is 2. The van der Waals surface area contributed by atoms with Crippen LogP contribution in [0.4, 0.5) is 8.78 Å². The lowest BCUT2D eigenvalue weighted by Gasteiger charge is -2.11. The zero-order valence-electron chi connectivity index (χ0n) is 10.5. The van der Waals surface area contributed by atoms with E-state index in [4.69, 9.17) is 0 Å². The van der Waals surface area contributed by atoms with Crippen molar-refractivity contribution in [1.29, 1.82) is 0 Å². The highest BCUT2D eigenvalue weighted by Crippen LogP contribution is 2.28. The largest absolute Gasteiger partial charge is 0.351 e. The average molecular weight is 264 g/mol. The van der Waals surface area contributed by atoms with Crippen molar-refractivity contribution in [3.05, 3.63) is 60.5 Å². The molecule has 1 heterocycles. The van der Waals surface area contributed by atoms with Gasteiger partial charge in [-0.15, -0.1) is 0 Å². The Labute approximate surface area is 110 Å². The van der Waals surface area contributed by atoms with Gasteiger partial charge in [-0.1, -0.05) is 19.2 Å². The normalized spacial score (nSPS) is 13.2. The molecule has 0 radical (unpaired) electrons. The van der Waals surface area contributed by atoms with Crippen LogP contribution in [0.15, 0.2) is 49.2 Å². The lowest BCUT2D eigenvalue weighted by atomic mass is 10.0. The smallest absolute Gasteiger partial charge is 0.207 e. The monoisotopic (exact) mass is 264 g/mol. The molecule has 0 saturated heterocycles. The van der Waals surface area contributed by atoms with Crippen molar-refractivity contribution in [2.24, 2.45) is 0 Å². The van der Waals surface area contributed by atoms with Crippen molar-refractivity contribution in [3.63, 3.8) is 0 Å². The predicted octanol–water partition coefficient (Wildman–Crippen LogP) is 3.24. The summed E-state index contributed by atoms with van der Waals surface area (Å²) < 4.78 is 26.7. The molecule has 1 rings (SSSR count). The van der Waals surface area contributed by atoms with E-state index in [-0.39, 0.29) is 17.2 Å². The molecule has 19 heavy (non-hydrogen) atoms. The van der Waals surface area contributed by atoms with E-state index in [9.17, 15) is 13.6 Å². The van der Waals surface area contributed by atoms with Crippen LogP contribution in [0.5, 0.6) is 0 Å². The average Bonchev–Trinajstić information content (AvgIpc) is 2.39. The van der Waals surface area contributed by atoms with Gasteiger partial charge in [0.25, 0.3) is 0 Å². The minimum Gasteiger partial charge on any atom is -0.351 e. The predicted molar refractivity (Wildman–Crippen MR) is 70.3 cm³/mol. The highest BCUT2D eigenvalue weighted by molar-refractivity contribution is 5.78. The van der Waals surface area contributed by atoms with Gasteiger partial charge in [0, 0.05) is 11.8 Å². The van der Waals surface area contributed by atoms with Crippen LogP contribution in [0, 0.1) is 0 Å². The number of nitrogens with zero attached hydrogens (tertiary/aromatic N) is 1. The molecular formula is C14H14F2N2O. The molecule has 0 saturated carbocycles. The highest BCUT2D eigenvalue weighted by atomic mass is 19.1. The van der Waals surface area contributed by atoms with Gasteiger partial charge in [0.15, 0.2) is 0 Å². The van der Waals surface area contributed by atoms with Crippen LogP contribution < -0.4 is 5.32 Å². The van der Waals surface area contributed by atoms with Gasteiger partial charge in [-0.2, -0.15) is 0 Å². The first-order chi connectivity index (χ1) is 9.01. The SMILES string of the molecule is C=C/C(F)=C(\C(=C)F)c1ccc(C(C)NC=O)nc1. The molecule has 1 aromatic rings. The molecule has 0 bridgehead atoms. The van der Waals surface area contributed by atoms with E-state index in [2.05, 4.69) is 23.5 Å². The number of rotatable bonds is 6. The van der Waals surface area contributed by atoms with Crippen molar-refractivity contribution in [2.45, 2.75) is 13.0 Å². The summed E-state index contributed by atoms with van der Waals surface area (Å²) >= 11 is 0. The Morgan fingerprint density at radius 2 is 2.16 bits per heavy atom. The summed E-state index contributed by atoms with van der Waals surface area (Å²) in [6.07, 6.45) is 2.79. The number of aromatic nitrogens is 1. The molecule has 0 aromatic carbocycles. The number of halogens is 2. The van der Waals surface area contributed by atoms with E-state index in [1.807, 2.05) is 0 Å². The van der Waals surface area contributed by atoms with Gasteiger partial charge < -0.3 is 5.32 Å². The zero-order chi connectivity index (χ0) is 14.4. The second-order valence-electron chi connectivity index (χ2n) is 3.81. The van der Waals surface area contributed by atoms with E-state index >= 15 is 0 Å². The second-order valence-corrected chi connectivity index (χ2v) is 3.81. The molecule has 1 N–H and O–H groups in total. The zero-order valence-corrected chi connectivity index (χ0v) is 10.5. The summed E-state index contributed by atoms with van der Waals surface area (Å²) in [6, 6.07) is 2.81. The van der Waals surface area contributed by atoms with Crippen molar-refractivity contribution < 1.29 is 13.6 Å². The third kappa shape index (κ3) is 3.58. The van der Waals surface area contributed by atoms with Crippen molar-refractivity contribution >= 4 is 12.0 Å². The van der Waals surface area contributed by atoms with Crippen molar-refractivity contribution in [2.75, 3.05) is 0 Å². The van der Waals surface area contributed by atoms with Crippen LogP contribution in [0.1, 0.15) is 24.2 Å². The van der Waals surface area contributed by atoms with Gasteiger partial charge >= 0.3 is 0 Å². The minimum absolute atomic E-state index is 0.256. The van der Waals surface area contributed by atoms with Crippen molar-refractivity contribution in [3.8, 4) is 0 Å². The minimum atomic E-state index is -0.897. The Bertz CT molecular complexity index is 521. The van der Waals surface area contributed by atoms with Crippen LogP contribution in [0.2, 0.25) is 0 Å². The van der Waals surface area contributed by atoms with Crippen LogP contribution in [0.25, 0.3) is 5.57 Å². The van der Waals surface area contributed by atoms with Crippen LogP contribution >= 0.6 is 0 Å². The highest BCUT2D eigenvalue weighted by Gasteiger charge is 2.13. The van der Waals surface area contributed by atoms with Gasteiger partial charge in [0.1, 0.15) is 11.7 Å². The summed E-state index contributed by atoms with van der Waals surface area (Å²) in [5.74, 6) is -1.70. The lowest BCUT2D eigenvalue weighted by molar-refractivity contribution is -0.110. The summed E-state index contributed by atoms with van der Waals surface area (Å²) in [4.78, 5) is 14.4. The quantitative estimate of drug-likeness (QED) is 0.633. The number of carbonyl (C=O) groups is 1. The van der Waals surface area contributed by atoms with Gasteiger partial charge in [0.2, 0.25) is 6.41 Å². The fourth-order valence-corrected chi connectivity index (χ4v) is 1.52. The van der Waals surface area contributed by atoms with E-state index < -0.39 is 11.7 Å². The molecule has 0 aliphatic rings. The third-order valence-electron chi connectivity index (χ3n) is 2.53. The Morgan fingerprint density at radius 3 is 2.58 bits per heavy atom. The first kappa shape index (κ1) is 14.8. The van der Waals surface area contributed by atoms with Crippen LogP contribution in [-0.4, -0.2) is 11.4 Å². The molecule has 1 aromatic heterocycles. The number of hydrogen-bond donors (Lipinski definition) is 1. The second kappa shape index (κ2) is 6.58. The molecule has 0 aliphatic heterocycles. The number of amides is 1. The standard InChI is InChI=1S/C14H14F2N2O/c1-4-12(16)14(9(2)15)11-5-6-13(17-7-11)10(3)18-8-19/h4-8,10H,1-2H2,3H3,(H,18,19)/b14-12-. The number of pyridine rings is 1. The van der Waals surface area contributed by atoms with E-state index in [1.165, 1.54) is 12.3 Å². The van der Waals surface area contributed by atoms with Gasteiger partial charge in [-0.3, -0.25) is 9.78 Å². The summed E-state index contributed by atoms with van der Waals surface area (Å²) in [6.45, 7) is 8.08. The Balaban J connectivity index is 3.13. The molecular weight excluding hydrogens is 250 g/mol. The molecule has 0 spiro atoms. The molecule has 1 amide bonds. The Morgan fingerprint density at radius 1 is 1.47 bits per heavy atom. The van der Waals surface area contributed by atoms with Crippen LogP contribution in [-0.2, 0) is 4.79 Å². The van der Waals surface area contributed by atoms with Gasteiger partial charge in [0.05, 0.1) is 17.3 Å². The summed E-state index contributed by atoms with van der Waals surface area (Å²) in [5.41, 5.74) is 0.565. The van der Waals surface area contributed by atoms with Gasteiger partial charge in [-0.25, -0.2) is 8.78 Å². The number of nitrogens with one attached hydrogen (secondary N) is 1. The van der Waals surface area contributed by atoms with E-state index in [0.29, 0.717) is 12.1 Å². The molecule has 1 unspecified atom stereocenters. The molecule has 100 valence electrons. The Kier molecular flexibility index (Phi) is 5.11. The maximum atomic E-state index is 13.5. The molecule has 5 heteroatoms. The lowest BCUT2D eigenvalue weighted by Crippen LogP contribution is -2.17. The topological polar surface area (TPSA) is 42.0 Å². The van der Waals surface area contributed by atoms with Crippen molar-refractivity contribution in [1.82, 2.24) is 10.3 Å². The van der Waals surface area contributed by atoms with Crippen LogP contribution in [0.3, 0.4) is 0 Å². The van der Waals surface area contributed by atoms with Gasteiger partial charge in [-0.05, 0) is 19.1 Å². The van der Waals surface area contributed by atoms with E-state index in [1.54, 1.807) is 13.0 Å². The summed E-state index contributed by atoms with van der Waals surface area (Å²) in [7, 11) is 0. The molecule has 3 nitrogen and oxygen atoms in total. The molecule has 1 atom stereocenters. The summed E-state index contributed by atoms with van der Waals surface area (Å²) in [5, 5.41) is 2.53. The number of carbonyl (C=O) groups excluding carboxylic acids is 1. The molecule has 0 fully saturated rings. The first-order valence-electron chi connectivity index (χ1n) is 5.54. The Hall–Kier alpha value is -2.30. The third-order valence-corrected chi connectivity index (χ3v) is 2.53. The first-order valence-corrected chi connectivity index (χ1v) is 5.54. The maximum absolute atomic E-state index is 13.5. The fraction of sp³-hybridized carbons (Fsp3) is 0.143. The maximum Gasteiger partial charge on any atom is 0.207 e. The molecule has 0 aliphatic carbocycles.